The highest BCUT2D eigenvalue weighted by molar-refractivity contribution is 9.10. The van der Waals surface area contributed by atoms with Gasteiger partial charge < -0.3 is 5.32 Å². The zero-order chi connectivity index (χ0) is 12.3. The molecule has 2 nitrogen and oxygen atoms in total. The summed E-state index contributed by atoms with van der Waals surface area (Å²) < 4.78 is 0.953. The molecule has 2 atom stereocenters. The molecule has 17 heavy (non-hydrogen) atoms. The van der Waals surface area contributed by atoms with E-state index < -0.39 is 0 Å². The van der Waals surface area contributed by atoms with Gasteiger partial charge in [0.2, 0.25) is 0 Å². The lowest BCUT2D eigenvalue weighted by Gasteiger charge is -2.13. The van der Waals surface area contributed by atoms with Gasteiger partial charge in [-0.1, -0.05) is 29.3 Å². The Hall–Kier alpha value is -1.01. The van der Waals surface area contributed by atoms with Gasteiger partial charge in [-0.15, -0.1) is 0 Å². The van der Waals surface area contributed by atoms with E-state index >= 15 is 0 Å². The number of nitrogens with zero attached hydrogens (tertiary/aromatic N) is 1. The van der Waals surface area contributed by atoms with E-state index in [-0.39, 0.29) is 0 Å². The number of hydrogen-bond acceptors (Lipinski definition) is 2. The first-order valence-electron chi connectivity index (χ1n) is 6.12. The zero-order valence-electron chi connectivity index (χ0n) is 10.0. The van der Waals surface area contributed by atoms with Crippen LogP contribution < -0.4 is 5.32 Å². The van der Waals surface area contributed by atoms with Gasteiger partial charge in [0.25, 0.3) is 0 Å². The molecule has 0 aromatic heterocycles. The van der Waals surface area contributed by atoms with Gasteiger partial charge in [-0.25, -0.2) is 0 Å². The van der Waals surface area contributed by atoms with Crippen LogP contribution in [0.5, 0.6) is 0 Å². The van der Waals surface area contributed by atoms with Crippen molar-refractivity contribution in [3.63, 3.8) is 0 Å². The molecule has 1 N–H and O–H groups in total. The predicted octanol–water partition coefficient (Wildman–Crippen LogP) is 4.17. The summed E-state index contributed by atoms with van der Waals surface area (Å²) in [5.74, 6) is 1.63. The lowest BCUT2D eigenvalue weighted by atomic mass is 10.1. The highest BCUT2D eigenvalue weighted by atomic mass is 79.9. The van der Waals surface area contributed by atoms with Crippen molar-refractivity contribution >= 4 is 21.6 Å². The van der Waals surface area contributed by atoms with Gasteiger partial charge in [0, 0.05) is 11.0 Å². The van der Waals surface area contributed by atoms with Crippen LogP contribution in [0, 0.1) is 23.2 Å². The standard InChI is InChI=1S/C14H17BrN2/c1-10-2-3-11(6-10)9-17-14-5-4-13(15)7-12(14)8-16/h4-5,7,10-11,17H,2-3,6,9H2,1H3. The Balaban J connectivity index is 1.97. The molecule has 90 valence electrons. The van der Waals surface area contributed by atoms with Crippen molar-refractivity contribution in [2.75, 3.05) is 11.9 Å². The molecular weight excluding hydrogens is 276 g/mol. The second kappa shape index (κ2) is 5.55. The van der Waals surface area contributed by atoms with E-state index in [0.29, 0.717) is 5.56 Å². The minimum atomic E-state index is 0.713. The molecule has 0 spiro atoms. The molecule has 0 aliphatic heterocycles. The molecule has 0 amide bonds. The van der Waals surface area contributed by atoms with Gasteiger partial charge in [0.15, 0.2) is 0 Å². The average molecular weight is 293 g/mol. The average Bonchev–Trinajstić information content (AvgIpc) is 2.73. The molecule has 0 radical (unpaired) electrons. The Labute approximate surface area is 111 Å². The van der Waals surface area contributed by atoms with Crippen LogP contribution in [-0.4, -0.2) is 6.54 Å². The molecule has 0 saturated heterocycles. The van der Waals surface area contributed by atoms with Crippen molar-refractivity contribution in [1.82, 2.24) is 0 Å². The maximum Gasteiger partial charge on any atom is 0.101 e. The van der Waals surface area contributed by atoms with E-state index in [1.165, 1.54) is 19.3 Å². The quantitative estimate of drug-likeness (QED) is 0.908. The Morgan fingerprint density at radius 3 is 2.94 bits per heavy atom. The number of nitrogens with one attached hydrogen (secondary N) is 1. The van der Waals surface area contributed by atoms with Crippen molar-refractivity contribution in [2.45, 2.75) is 26.2 Å². The molecule has 1 aromatic carbocycles. The zero-order valence-corrected chi connectivity index (χ0v) is 11.6. The summed E-state index contributed by atoms with van der Waals surface area (Å²) in [5.41, 5.74) is 1.67. The number of anilines is 1. The normalized spacial score (nSPS) is 23.4. The molecule has 1 fully saturated rings. The molecule has 1 aliphatic rings. The highest BCUT2D eigenvalue weighted by Gasteiger charge is 2.21. The van der Waals surface area contributed by atoms with Gasteiger partial charge >= 0.3 is 0 Å². The van der Waals surface area contributed by atoms with Crippen molar-refractivity contribution in [3.05, 3.63) is 28.2 Å². The van der Waals surface area contributed by atoms with Crippen molar-refractivity contribution in [2.24, 2.45) is 11.8 Å². The summed E-state index contributed by atoms with van der Waals surface area (Å²) in [6.07, 6.45) is 3.97. The molecule has 1 aromatic rings. The Bertz CT molecular complexity index is 436. The molecule has 0 heterocycles. The van der Waals surface area contributed by atoms with Gasteiger partial charge in [0.05, 0.1) is 11.3 Å². The number of hydrogen-bond donors (Lipinski definition) is 1. The monoisotopic (exact) mass is 292 g/mol. The van der Waals surface area contributed by atoms with E-state index in [0.717, 1.165) is 28.5 Å². The van der Waals surface area contributed by atoms with Crippen molar-refractivity contribution in [1.29, 1.82) is 5.26 Å². The van der Waals surface area contributed by atoms with Crippen LogP contribution in [0.1, 0.15) is 31.7 Å². The van der Waals surface area contributed by atoms with Crippen LogP contribution in [0.15, 0.2) is 22.7 Å². The second-order valence-corrected chi connectivity index (χ2v) is 5.88. The third-order valence-electron chi connectivity index (χ3n) is 3.49. The lowest BCUT2D eigenvalue weighted by molar-refractivity contribution is 0.537. The van der Waals surface area contributed by atoms with E-state index in [4.69, 9.17) is 5.26 Å². The Morgan fingerprint density at radius 2 is 2.29 bits per heavy atom. The van der Waals surface area contributed by atoms with Crippen molar-refractivity contribution in [3.8, 4) is 6.07 Å². The molecular formula is C14H17BrN2. The molecule has 1 aliphatic carbocycles. The van der Waals surface area contributed by atoms with E-state index in [1.807, 2.05) is 18.2 Å². The second-order valence-electron chi connectivity index (χ2n) is 4.97. The van der Waals surface area contributed by atoms with E-state index in [1.54, 1.807) is 0 Å². The fourth-order valence-corrected chi connectivity index (χ4v) is 2.89. The van der Waals surface area contributed by atoms with Crippen LogP contribution in [0.3, 0.4) is 0 Å². The van der Waals surface area contributed by atoms with Gasteiger partial charge in [-0.2, -0.15) is 5.26 Å². The summed E-state index contributed by atoms with van der Waals surface area (Å²) in [4.78, 5) is 0. The van der Waals surface area contributed by atoms with Crippen LogP contribution in [0.4, 0.5) is 5.69 Å². The summed E-state index contributed by atoms with van der Waals surface area (Å²) in [6, 6.07) is 8.03. The number of halogens is 1. The Kier molecular flexibility index (Phi) is 4.06. The number of benzene rings is 1. The predicted molar refractivity (Wildman–Crippen MR) is 73.9 cm³/mol. The largest absolute Gasteiger partial charge is 0.384 e. The van der Waals surface area contributed by atoms with E-state index in [2.05, 4.69) is 34.2 Å². The number of nitriles is 1. The van der Waals surface area contributed by atoms with Crippen LogP contribution in [-0.2, 0) is 0 Å². The maximum atomic E-state index is 9.07. The first-order chi connectivity index (χ1) is 8.19. The first kappa shape index (κ1) is 12.4. The number of rotatable bonds is 3. The van der Waals surface area contributed by atoms with Crippen molar-refractivity contribution < 1.29 is 0 Å². The van der Waals surface area contributed by atoms with Crippen LogP contribution in [0.25, 0.3) is 0 Å². The van der Waals surface area contributed by atoms with Gasteiger partial charge in [-0.3, -0.25) is 0 Å². The minimum absolute atomic E-state index is 0.713. The fraction of sp³-hybridized carbons (Fsp3) is 0.500. The third-order valence-corrected chi connectivity index (χ3v) is 3.98. The summed E-state index contributed by atoms with van der Waals surface area (Å²) in [6.45, 7) is 3.31. The van der Waals surface area contributed by atoms with Gasteiger partial charge in [0.1, 0.15) is 6.07 Å². The summed E-state index contributed by atoms with van der Waals surface area (Å²) >= 11 is 3.38. The van der Waals surface area contributed by atoms with Crippen LogP contribution >= 0.6 is 15.9 Å². The summed E-state index contributed by atoms with van der Waals surface area (Å²) in [7, 11) is 0. The smallest absolute Gasteiger partial charge is 0.101 e. The first-order valence-corrected chi connectivity index (χ1v) is 6.92. The fourth-order valence-electron chi connectivity index (χ4n) is 2.53. The topological polar surface area (TPSA) is 35.8 Å². The third kappa shape index (κ3) is 3.23. The molecule has 2 unspecified atom stereocenters. The molecule has 1 saturated carbocycles. The molecule has 0 bridgehead atoms. The van der Waals surface area contributed by atoms with E-state index in [9.17, 15) is 0 Å². The summed E-state index contributed by atoms with van der Waals surface area (Å²) in [5, 5.41) is 12.5. The maximum absolute atomic E-state index is 9.07. The molecule has 3 heteroatoms. The lowest BCUT2D eigenvalue weighted by Crippen LogP contribution is -2.12. The molecule has 2 rings (SSSR count). The van der Waals surface area contributed by atoms with Crippen LogP contribution in [0.2, 0.25) is 0 Å². The minimum Gasteiger partial charge on any atom is -0.384 e. The Morgan fingerprint density at radius 1 is 1.47 bits per heavy atom. The van der Waals surface area contributed by atoms with Gasteiger partial charge in [-0.05, 0) is 42.9 Å². The highest BCUT2D eigenvalue weighted by Crippen LogP contribution is 2.30. The SMILES string of the molecule is CC1CCC(CNc2ccc(Br)cc2C#N)C1.